The van der Waals surface area contributed by atoms with Crippen LogP contribution in [0.3, 0.4) is 0 Å². The Morgan fingerprint density at radius 3 is 2.53 bits per heavy atom. The summed E-state index contributed by atoms with van der Waals surface area (Å²) >= 11 is 3.80. The lowest BCUT2D eigenvalue weighted by Gasteiger charge is -2.34. The Bertz CT molecular complexity index is 368. The van der Waals surface area contributed by atoms with Gasteiger partial charge in [0, 0.05) is 17.9 Å². The highest BCUT2D eigenvalue weighted by Gasteiger charge is 2.24. The number of likely N-dealkylation sites (tertiary alicyclic amines) is 1. The number of rotatable bonds is 2. The van der Waals surface area contributed by atoms with E-state index in [0.29, 0.717) is 4.83 Å². The summed E-state index contributed by atoms with van der Waals surface area (Å²) in [6, 6.07) is 6.60. The van der Waals surface area contributed by atoms with E-state index in [9.17, 15) is 0 Å². The van der Waals surface area contributed by atoms with Crippen LogP contribution in [0.15, 0.2) is 18.2 Å². The molecule has 0 spiro atoms. The Hall–Kier alpha value is -0.340. The molecular weight excluding hydrogens is 274 g/mol. The molecule has 17 heavy (non-hydrogen) atoms. The summed E-state index contributed by atoms with van der Waals surface area (Å²) in [6.45, 7) is 10.3. The first-order chi connectivity index (χ1) is 8.08. The molecule has 0 saturated carbocycles. The van der Waals surface area contributed by atoms with Crippen LogP contribution in [0, 0.1) is 19.8 Å². The van der Waals surface area contributed by atoms with Crippen molar-refractivity contribution >= 4 is 15.9 Å². The molecule has 1 fully saturated rings. The van der Waals surface area contributed by atoms with Crippen molar-refractivity contribution in [2.45, 2.75) is 38.6 Å². The normalized spacial score (nSPS) is 26.1. The van der Waals surface area contributed by atoms with Crippen molar-refractivity contribution in [2.75, 3.05) is 13.1 Å². The third-order valence-corrected chi connectivity index (χ3v) is 5.17. The summed E-state index contributed by atoms with van der Waals surface area (Å²) < 4.78 is 0. The maximum atomic E-state index is 3.80. The van der Waals surface area contributed by atoms with Gasteiger partial charge in [0.15, 0.2) is 0 Å². The van der Waals surface area contributed by atoms with E-state index in [0.717, 1.165) is 12.5 Å². The molecule has 0 aromatic heterocycles. The lowest BCUT2D eigenvalue weighted by atomic mass is 9.97. The fourth-order valence-corrected chi connectivity index (χ4v) is 3.22. The fraction of sp³-hybridized carbons (Fsp3) is 0.600. The molecule has 1 aliphatic rings. The minimum atomic E-state index is 0.653. The third kappa shape index (κ3) is 3.11. The van der Waals surface area contributed by atoms with E-state index in [1.807, 2.05) is 0 Å². The fourth-order valence-electron chi connectivity index (χ4n) is 2.55. The highest BCUT2D eigenvalue weighted by atomic mass is 79.9. The molecule has 2 heteroatoms. The monoisotopic (exact) mass is 295 g/mol. The van der Waals surface area contributed by atoms with Crippen molar-refractivity contribution in [3.63, 3.8) is 0 Å². The molecule has 94 valence electrons. The number of aryl methyl sites for hydroxylation is 2. The number of hydrogen-bond donors (Lipinski definition) is 0. The van der Waals surface area contributed by atoms with E-state index in [1.165, 1.54) is 36.2 Å². The number of hydrogen-bond acceptors (Lipinski definition) is 1. The molecule has 0 radical (unpaired) electrons. The van der Waals surface area contributed by atoms with E-state index >= 15 is 0 Å². The summed E-state index contributed by atoms with van der Waals surface area (Å²) in [6.07, 6.45) is 1.31. The van der Waals surface area contributed by atoms with Crippen LogP contribution in [0.1, 0.15) is 30.0 Å². The van der Waals surface area contributed by atoms with Crippen molar-refractivity contribution < 1.29 is 0 Å². The first-order valence-corrected chi connectivity index (χ1v) is 7.41. The van der Waals surface area contributed by atoms with Gasteiger partial charge in [-0.05, 0) is 49.4 Å². The number of nitrogens with zero attached hydrogens (tertiary/aromatic N) is 1. The van der Waals surface area contributed by atoms with Gasteiger partial charge in [-0.25, -0.2) is 0 Å². The zero-order chi connectivity index (χ0) is 12.4. The van der Waals surface area contributed by atoms with Crippen LogP contribution in [0.5, 0.6) is 0 Å². The summed E-state index contributed by atoms with van der Waals surface area (Å²) in [4.78, 5) is 3.23. The van der Waals surface area contributed by atoms with Gasteiger partial charge in [-0.2, -0.15) is 0 Å². The highest BCUT2D eigenvalue weighted by molar-refractivity contribution is 9.09. The molecule has 0 aliphatic carbocycles. The summed E-state index contributed by atoms with van der Waals surface area (Å²) in [5, 5.41) is 0. The molecule has 1 aromatic rings. The summed E-state index contributed by atoms with van der Waals surface area (Å²) in [7, 11) is 0. The van der Waals surface area contributed by atoms with Crippen molar-refractivity contribution in [1.82, 2.24) is 4.90 Å². The number of halogens is 1. The van der Waals surface area contributed by atoms with Gasteiger partial charge in [0.1, 0.15) is 0 Å². The second-order valence-corrected chi connectivity index (χ2v) is 6.56. The number of benzene rings is 1. The second-order valence-electron chi connectivity index (χ2n) is 5.39. The van der Waals surface area contributed by atoms with Crippen molar-refractivity contribution in [3.8, 4) is 0 Å². The lowest BCUT2D eigenvalue weighted by molar-refractivity contribution is 0.193. The average Bonchev–Trinajstić information content (AvgIpc) is 2.28. The largest absolute Gasteiger partial charge is 0.298 e. The van der Waals surface area contributed by atoms with Crippen LogP contribution >= 0.6 is 15.9 Å². The maximum absolute atomic E-state index is 3.80. The van der Waals surface area contributed by atoms with Gasteiger partial charge in [-0.15, -0.1) is 0 Å². The molecule has 1 aromatic carbocycles. The van der Waals surface area contributed by atoms with Crippen LogP contribution in [0.4, 0.5) is 0 Å². The first kappa shape index (κ1) is 13.1. The first-order valence-electron chi connectivity index (χ1n) is 6.49. The summed E-state index contributed by atoms with van der Waals surface area (Å²) in [5.41, 5.74) is 4.37. The Labute approximate surface area is 113 Å². The van der Waals surface area contributed by atoms with E-state index in [4.69, 9.17) is 0 Å². The number of alkyl halides is 1. The molecule has 0 bridgehead atoms. The van der Waals surface area contributed by atoms with E-state index in [-0.39, 0.29) is 0 Å². The third-order valence-electron chi connectivity index (χ3n) is 3.98. The minimum absolute atomic E-state index is 0.653. The molecule has 1 saturated heterocycles. The van der Waals surface area contributed by atoms with Crippen LogP contribution in [0.25, 0.3) is 0 Å². The van der Waals surface area contributed by atoms with Crippen molar-refractivity contribution in [3.05, 3.63) is 34.9 Å². The van der Waals surface area contributed by atoms with Gasteiger partial charge in [0.2, 0.25) is 0 Å². The maximum Gasteiger partial charge on any atom is 0.0299 e. The van der Waals surface area contributed by atoms with Crippen molar-refractivity contribution in [2.24, 2.45) is 5.92 Å². The van der Waals surface area contributed by atoms with E-state index in [2.05, 4.69) is 59.8 Å². The van der Waals surface area contributed by atoms with Gasteiger partial charge in [-0.1, -0.05) is 41.1 Å². The quantitative estimate of drug-likeness (QED) is 0.748. The predicted molar refractivity (Wildman–Crippen MR) is 77.7 cm³/mol. The Kier molecular flexibility index (Phi) is 4.26. The Balaban J connectivity index is 2.06. The average molecular weight is 296 g/mol. The molecule has 1 heterocycles. The topological polar surface area (TPSA) is 3.24 Å². The molecular formula is C15H22BrN. The molecule has 2 unspecified atom stereocenters. The van der Waals surface area contributed by atoms with Gasteiger partial charge in [0.05, 0.1) is 0 Å². The molecule has 2 rings (SSSR count). The molecule has 1 nitrogen and oxygen atoms in total. The van der Waals surface area contributed by atoms with Gasteiger partial charge < -0.3 is 0 Å². The van der Waals surface area contributed by atoms with Gasteiger partial charge >= 0.3 is 0 Å². The van der Waals surface area contributed by atoms with E-state index < -0.39 is 0 Å². The lowest BCUT2D eigenvalue weighted by Crippen LogP contribution is -2.39. The van der Waals surface area contributed by atoms with Crippen LogP contribution in [-0.2, 0) is 6.54 Å². The van der Waals surface area contributed by atoms with Crippen molar-refractivity contribution in [1.29, 1.82) is 0 Å². The second kappa shape index (κ2) is 5.53. The Morgan fingerprint density at radius 1 is 1.29 bits per heavy atom. The molecule has 0 N–H and O–H groups in total. The minimum Gasteiger partial charge on any atom is -0.298 e. The molecule has 2 atom stereocenters. The number of piperidine rings is 1. The Morgan fingerprint density at radius 2 is 1.94 bits per heavy atom. The standard InChI is InChI=1S/C15H22BrN/c1-11-5-4-6-12(2)14(11)9-17-8-7-13(3)15(16)10-17/h4-6,13,15H,7-10H2,1-3H3. The SMILES string of the molecule is Cc1cccc(C)c1CN1CCC(C)C(Br)C1. The molecule has 1 aliphatic heterocycles. The highest BCUT2D eigenvalue weighted by Crippen LogP contribution is 2.25. The van der Waals surface area contributed by atoms with E-state index in [1.54, 1.807) is 0 Å². The smallest absolute Gasteiger partial charge is 0.0299 e. The zero-order valence-electron chi connectivity index (χ0n) is 11.0. The van der Waals surface area contributed by atoms with Gasteiger partial charge in [0.25, 0.3) is 0 Å². The van der Waals surface area contributed by atoms with Crippen LogP contribution in [-0.4, -0.2) is 22.8 Å². The summed E-state index contributed by atoms with van der Waals surface area (Å²) in [5.74, 6) is 0.809. The molecule has 0 amide bonds. The predicted octanol–water partition coefficient (Wildman–Crippen LogP) is 3.91. The van der Waals surface area contributed by atoms with Crippen LogP contribution < -0.4 is 0 Å². The van der Waals surface area contributed by atoms with Gasteiger partial charge in [-0.3, -0.25) is 4.90 Å². The zero-order valence-corrected chi connectivity index (χ0v) is 12.6. The van der Waals surface area contributed by atoms with Crippen LogP contribution in [0.2, 0.25) is 0 Å².